The molecular formula is C80H82O14. The molecule has 0 aromatic heterocycles. The van der Waals surface area contributed by atoms with Gasteiger partial charge in [-0.1, -0.05) is 145 Å². The summed E-state index contributed by atoms with van der Waals surface area (Å²) >= 11 is 0. The van der Waals surface area contributed by atoms with Crippen molar-refractivity contribution in [3.05, 3.63) is 282 Å². The minimum Gasteiger partial charge on any atom is -0.508 e. The van der Waals surface area contributed by atoms with Crippen molar-refractivity contribution in [2.24, 2.45) is 0 Å². The Morgan fingerprint density at radius 2 is 0.723 bits per heavy atom. The van der Waals surface area contributed by atoms with E-state index in [9.17, 15) is 45.0 Å². The summed E-state index contributed by atoms with van der Waals surface area (Å²) < 4.78 is 28.0. The molecule has 0 saturated carbocycles. The highest BCUT2D eigenvalue weighted by Crippen LogP contribution is 2.41. The number of carboxylic acids is 2. The van der Waals surface area contributed by atoms with Gasteiger partial charge in [-0.25, -0.2) is 14.4 Å². The molecule has 4 aliphatic heterocycles. The van der Waals surface area contributed by atoms with Gasteiger partial charge in [0, 0.05) is 28.7 Å². The van der Waals surface area contributed by atoms with E-state index < -0.39 is 17.9 Å². The van der Waals surface area contributed by atoms with Gasteiger partial charge in [-0.15, -0.1) is 0 Å². The van der Waals surface area contributed by atoms with E-state index in [0.717, 1.165) is 76.0 Å². The summed E-state index contributed by atoms with van der Waals surface area (Å²) in [5, 5.41) is 61.1. The molecule has 8 aromatic rings. The molecule has 94 heavy (non-hydrogen) atoms. The van der Waals surface area contributed by atoms with Crippen molar-refractivity contribution in [3.63, 3.8) is 0 Å². The van der Waals surface area contributed by atoms with Crippen molar-refractivity contribution in [2.75, 3.05) is 33.5 Å². The molecule has 486 valence electrons. The normalized spacial score (nSPS) is 13.5. The fourth-order valence-corrected chi connectivity index (χ4v) is 11.6. The van der Waals surface area contributed by atoms with Crippen LogP contribution in [0.1, 0.15) is 126 Å². The Hall–Kier alpha value is -10.5. The fraction of sp³-hybridized carbons (Fsp3) is 0.263. The molecule has 4 aliphatic rings. The number of hydrogen-bond donors (Lipinski definition) is 6. The van der Waals surface area contributed by atoms with E-state index in [1.807, 2.05) is 148 Å². The van der Waals surface area contributed by atoms with Crippen molar-refractivity contribution in [2.45, 2.75) is 105 Å². The van der Waals surface area contributed by atoms with Crippen LogP contribution in [0.4, 0.5) is 0 Å². The number of rotatable bonds is 15. The predicted molar refractivity (Wildman–Crippen MR) is 365 cm³/mol. The minimum atomic E-state index is -1.11. The first kappa shape index (κ1) is 67.9. The number of ether oxygens (including phenoxy) is 5. The lowest BCUT2D eigenvalue weighted by Crippen LogP contribution is -2.10. The van der Waals surface area contributed by atoms with Crippen LogP contribution < -0.4 is 18.9 Å². The third-order valence-corrected chi connectivity index (χ3v) is 17.0. The molecule has 0 unspecified atom stereocenters. The van der Waals surface area contributed by atoms with Gasteiger partial charge >= 0.3 is 17.9 Å². The third kappa shape index (κ3) is 18.0. The zero-order valence-electron chi connectivity index (χ0n) is 54.0. The van der Waals surface area contributed by atoms with Crippen LogP contribution in [0.3, 0.4) is 0 Å². The predicted octanol–water partition coefficient (Wildman–Crippen LogP) is 15.4. The van der Waals surface area contributed by atoms with Gasteiger partial charge in [0.15, 0.2) is 0 Å². The van der Waals surface area contributed by atoms with Crippen LogP contribution in [-0.4, -0.2) is 82.1 Å². The number of fused-ring (bicyclic) bond motifs is 4. The number of phenols is 4. The summed E-state index contributed by atoms with van der Waals surface area (Å²) in [7, 11) is 1.33. The lowest BCUT2D eigenvalue weighted by molar-refractivity contribution is 0.0593. The number of allylic oxidation sites excluding steroid dienone is 4. The first-order valence-electron chi connectivity index (χ1n) is 31.8. The van der Waals surface area contributed by atoms with Crippen LogP contribution in [-0.2, 0) is 81.8 Å². The van der Waals surface area contributed by atoms with Gasteiger partial charge in [-0.3, -0.25) is 0 Å². The summed E-state index contributed by atoms with van der Waals surface area (Å²) in [5.74, 6) is -0.137. The molecule has 0 bridgehead atoms. The van der Waals surface area contributed by atoms with E-state index in [0.29, 0.717) is 129 Å². The second-order valence-electron chi connectivity index (χ2n) is 24.0. The van der Waals surface area contributed by atoms with Gasteiger partial charge < -0.3 is 54.3 Å². The van der Waals surface area contributed by atoms with Gasteiger partial charge in [0.1, 0.15) is 89.1 Å². The van der Waals surface area contributed by atoms with Crippen LogP contribution >= 0.6 is 0 Å². The van der Waals surface area contributed by atoms with Gasteiger partial charge in [0.05, 0.1) is 7.11 Å². The lowest BCUT2D eigenvalue weighted by Gasteiger charge is -2.16. The Kier molecular flexibility index (Phi) is 23.6. The molecule has 8 aromatic carbocycles. The highest BCUT2D eigenvalue weighted by molar-refractivity contribution is 5.96. The lowest BCUT2D eigenvalue weighted by atomic mass is 9.93. The van der Waals surface area contributed by atoms with Gasteiger partial charge in [-0.2, -0.15) is 0 Å². The Labute approximate surface area is 550 Å². The quantitative estimate of drug-likeness (QED) is 0.0416. The Morgan fingerprint density at radius 1 is 0.383 bits per heavy atom. The number of benzene rings is 8. The van der Waals surface area contributed by atoms with E-state index in [-0.39, 0.29) is 33.9 Å². The van der Waals surface area contributed by atoms with E-state index in [4.69, 9.17) is 23.7 Å². The van der Waals surface area contributed by atoms with E-state index in [2.05, 4.69) is 43.3 Å². The van der Waals surface area contributed by atoms with Crippen molar-refractivity contribution in [1.82, 2.24) is 0 Å². The second kappa shape index (κ2) is 32.7. The smallest absolute Gasteiger partial charge is 0.341 e. The number of carboxylic acid groups (broad SMARTS) is 2. The van der Waals surface area contributed by atoms with Crippen LogP contribution in [0.5, 0.6) is 46.0 Å². The number of aromatic carboxylic acids is 2. The highest BCUT2D eigenvalue weighted by Gasteiger charge is 2.28. The summed E-state index contributed by atoms with van der Waals surface area (Å²) in [6, 6.07) is 49.6. The van der Waals surface area contributed by atoms with Crippen LogP contribution in [0, 0.1) is 0 Å². The summed E-state index contributed by atoms with van der Waals surface area (Å²) in [4.78, 5) is 35.6. The Bertz CT molecular complexity index is 4110. The molecular weight excluding hydrogens is 1180 g/mol. The number of esters is 1. The first-order valence-corrected chi connectivity index (χ1v) is 31.8. The molecule has 0 atom stereocenters. The van der Waals surface area contributed by atoms with Gasteiger partial charge in [-0.05, 0) is 196 Å². The summed E-state index contributed by atoms with van der Waals surface area (Å²) in [5.41, 5.74) is 15.1. The van der Waals surface area contributed by atoms with Crippen molar-refractivity contribution in [3.8, 4) is 46.0 Å². The zero-order valence-corrected chi connectivity index (χ0v) is 54.0. The van der Waals surface area contributed by atoms with Crippen molar-refractivity contribution < 1.29 is 68.7 Å². The number of carbonyl (C=O) groups is 3. The molecule has 0 fully saturated rings. The Morgan fingerprint density at radius 3 is 1.13 bits per heavy atom. The molecule has 0 radical (unpaired) electrons. The first-order chi connectivity index (χ1) is 45.4. The maximum atomic E-state index is 12.3. The molecule has 12 rings (SSSR count). The summed E-state index contributed by atoms with van der Waals surface area (Å²) in [6.45, 7) is 9.93. The second-order valence-corrected chi connectivity index (χ2v) is 24.0. The molecule has 14 heteroatoms. The average Bonchev–Trinajstić information content (AvgIpc) is 1.40. The molecule has 0 spiro atoms. The highest BCUT2D eigenvalue weighted by atomic mass is 16.5. The number of aryl methyl sites for hydroxylation is 8. The van der Waals surface area contributed by atoms with Crippen LogP contribution in [0.15, 0.2) is 198 Å². The molecule has 14 nitrogen and oxygen atoms in total. The molecule has 0 saturated heterocycles. The standard InChI is InChI=1S/C21H22O4.2C20H20O4.C19H20O2/c1-14-8-11-17-18(25-13-14)12-16(19(20(17)22)21(23)24-2)10-9-15-6-4-3-5-7-15;1-13-7-10-16-17(24-12-13)11-15(18(19(16)21)20(22)23)9-8-14-5-3-2-4-6-14;1-13-9-10-24-17-12-15(8-7-14-5-3-2-4-6-14)18(20(22)23)19(21)16(17)11-13;1-14-7-10-17-18(20)11-16(12-19(17)21-13-14)9-8-15-5-3-2-4-6-15/h3-8,12,22H,9-11,13H2,1-2H3;2-7,11,21H,8-10,12H2,1H3,(H,22,23);2-6,9,12,21H,7-8,10-11H2,1H3,(H,22,23);2-7,11-12,20H,8-10,13H2,1H3. The van der Waals surface area contributed by atoms with Crippen LogP contribution in [0.2, 0.25) is 0 Å². The van der Waals surface area contributed by atoms with Crippen LogP contribution in [0.25, 0.3) is 0 Å². The number of hydrogen-bond acceptors (Lipinski definition) is 12. The maximum absolute atomic E-state index is 12.3. The van der Waals surface area contributed by atoms with E-state index in [1.54, 1.807) is 12.1 Å². The SMILES string of the molecule is CC1=CCOc2cc(CCc3ccccc3)c(C(=O)O)c(O)c2C1.CC1=CCc2c(O)cc(CCc3ccccc3)cc2OC1.CC1=CCc2c(cc(CCc3ccccc3)c(C(=O)O)c2O)OC1.COC(=O)c1c(CCc2ccccc2)cc2c(c1O)CC=C(C)CO2. The fourth-order valence-electron chi connectivity index (χ4n) is 11.6. The number of aromatic hydroxyl groups is 4. The summed E-state index contributed by atoms with van der Waals surface area (Å²) in [6.07, 6.45) is 16.0. The average molecular weight is 1270 g/mol. The van der Waals surface area contributed by atoms with Crippen molar-refractivity contribution >= 4 is 17.9 Å². The minimum absolute atomic E-state index is 0.0111. The van der Waals surface area contributed by atoms with Gasteiger partial charge in [0.2, 0.25) is 0 Å². The largest absolute Gasteiger partial charge is 0.508 e. The molecule has 4 heterocycles. The molecule has 6 N–H and O–H groups in total. The van der Waals surface area contributed by atoms with Crippen molar-refractivity contribution in [1.29, 1.82) is 0 Å². The monoisotopic (exact) mass is 1270 g/mol. The zero-order chi connectivity index (χ0) is 66.7. The Balaban J connectivity index is 0.000000148. The van der Waals surface area contributed by atoms with E-state index in [1.165, 1.54) is 23.8 Å². The topological polar surface area (TPSA) is 219 Å². The van der Waals surface area contributed by atoms with E-state index >= 15 is 0 Å². The molecule has 0 amide bonds. The van der Waals surface area contributed by atoms with Gasteiger partial charge in [0.25, 0.3) is 0 Å². The maximum Gasteiger partial charge on any atom is 0.341 e. The number of phenolic OH excluding ortho intramolecular Hbond substituents is 2. The third-order valence-electron chi connectivity index (χ3n) is 17.0. The molecule has 0 aliphatic carbocycles. The number of carbonyl (C=O) groups excluding carboxylic acids is 1. The number of methoxy groups -OCH3 is 1.